The number of nitrogens with one attached hydrogen (secondary N) is 1. The minimum atomic E-state index is -0.657. The molecule has 1 atom stereocenters. The van der Waals surface area contributed by atoms with Gasteiger partial charge in [-0.2, -0.15) is 0 Å². The van der Waals surface area contributed by atoms with Gasteiger partial charge in [0.1, 0.15) is 11.5 Å². The monoisotopic (exact) mass is 432 g/mol. The minimum absolute atomic E-state index is 0.120. The number of hydrogen-bond acceptors (Lipinski definition) is 4. The summed E-state index contributed by atoms with van der Waals surface area (Å²) in [4.78, 5) is 30.8. The van der Waals surface area contributed by atoms with Gasteiger partial charge in [-0.05, 0) is 49.6 Å². The lowest BCUT2D eigenvalue weighted by atomic mass is 9.94. The van der Waals surface area contributed by atoms with Crippen molar-refractivity contribution < 1.29 is 19.4 Å². The minimum Gasteiger partial charge on any atom is -0.507 e. The van der Waals surface area contributed by atoms with Gasteiger partial charge in [0.15, 0.2) is 0 Å². The maximum Gasteiger partial charge on any atom is 0.295 e. The van der Waals surface area contributed by atoms with Gasteiger partial charge in [0.05, 0.1) is 18.2 Å². The number of carbonyl (C=O) groups excluding carboxylic acids is 2. The van der Waals surface area contributed by atoms with Crippen molar-refractivity contribution in [3.8, 4) is 5.75 Å². The van der Waals surface area contributed by atoms with E-state index in [0.717, 1.165) is 34.2 Å². The normalized spacial score (nSPS) is 18.0. The number of ether oxygens (including phenoxy) is 1. The number of Topliss-reactive ketones (excluding diaryl/α,β-unsaturated/α-hetero) is 1. The summed E-state index contributed by atoms with van der Waals surface area (Å²) < 4.78 is 5.73. The van der Waals surface area contributed by atoms with E-state index >= 15 is 0 Å². The number of fused-ring (bicyclic) bond motifs is 1. The van der Waals surface area contributed by atoms with Crippen molar-refractivity contribution in [1.82, 2.24) is 9.88 Å². The number of benzene rings is 2. The number of para-hydroxylation sites is 1. The number of carbonyl (C=O) groups is 2. The molecule has 1 fully saturated rings. The molecule has 0 saturated carbocycles. The van der Waals surface area contributed by atoms with Crippen LogP contribution >= 0.6 is 0 Å². The zero-order valence-corrected chi connectivity index (χ0v) is 18.6. The number of aliphatic hydroxyl groups excluding tert-OH is 1. The molecule has 166 valence electrons. The Morgan fingerprint density at radius 3 is 2.62 bits per heavy atom. The number of aromatic amines is 1. The number of H-pyrrole nitrogens is 1. The van der Waals surface area contributed by atoms with Gasteiger partial charge in [-0.3, -0.25) is 9.59 Å². The number of amides is 1. The topological polar surface area (TPSA) is 82.6 Å². The molecule has 0 aliphatic carbocycles. The van der Waals surface area contributed by atoms with Crippen LogP contribution in [0.15, 0.2) is 54.2 Å². The van der Waals surface area contributed by atoms with Crippen LogP contribution in [0.3, 0.4) is 0 Å². The number of hydrogen-bond donors (Lipinski definition) is 2. The quantitative estimate of drug-likeness (QED) is 0.309. The first-order valence-corrected chi connectivity index (χ1v) is 11.1. The zero-order chi connectivity index (χ0) is 22.8. The molecule has 1 amide bonds. The molecular weight excluding hydrogens is 404 g/mol. The molecule has 4 rings (SSSR count). The fourth-order valence-electron chi connectivity index (χ4n) is 4.32. The van der Waals surface area contributed by atoms with Crippen LogP contribution in [0.25, 0.3) is 16.7 Å². The predicted octanol–water partition coefficient (Wildman–Crippen LogP) is 5.10. The van der Waals surface area contributed by atoms with E-state index < -0.39 is 17.7 Å². The SMILES string of the molecule is CCCOc1ccc(/C(O)=C2\C(=O)C(=O)N(CCC)C2c2c[nH]c3ccccc23)cc1C. The van der Waals surface area contributed by atoms with E-state index in [2.05, 4.69) is 4.98 Å². The number of nitrogens with zero attached hydrogens (tertiary/aromatic N) is 1. The summed E-state index contributed by atoms with van der Waals surface area (Å²) in [5.74, 6) is -0.663. The molecule has 0 bridgehead atoms. The predicted molar refractivity (Wildman–Crippen MR) is 125 cm³/mol. The van der Waals surface area contributed by atoms with E-state index in [1.165, 1.54) is 0 Å². The Bertz CT molecular complexity index is 1210. The molecule has 6 nitrogen and oxygen atoms in total. The molecule has 1 aromatic heterocycles. The Hall–Kier alpha value is -3.54. The Balaban J connectivity index is 1.86. The fraction of sp³-hybridized carbons (Fsp3) is 0.308. The molecule has 2 N–H and O–H groups in total. The molecule has 0 spiro atoms. The standard InChI is InChI=1S/C26H28N2O4/c1-4-12-28-23(19-15-27-20-9-7-6-8-18(19)20)22(25(30)26(28)31)24(29)17-10-11-21(16(3)14-17)32-13-5-2/h6-11,14-15,23,27,29H,4-5,12-13H2,1-3H3/b24-22+. The lowest BCUT2D eigenvalue weighted by Gasteiger charge is -2.24. The number of rotatable bonds is 7. The first-order valence-electron chi connectivity index (χ1n) is 11.1. The molecule has 1 aliphatic heterocycles. The van der Waals surface area contributed by atoms with Crippen LogP contribution in [0, 0.1) is 6.92 Å². The molecule has 32 heavy (non-hydrogen) atoms. The Labute approximate surface area is 187 Å². The highest BCUT2D eigenvalue weighted by atomic mass is 16.5. The van der Waals surface area contributed by atoms with Crippen molar-refractivity contribution in [2.45, 2.75) is 39.7 Å². The van der Waals surface area contributed by atoms with Gasteiger partial charge in [0, 0.05) is 34.8 Å². The zero-order valence-electron chi connectivity index (χ0n) is 18.6. The van der Waals surface area contributed by atoms with E-state index in [-0.39, 0.29) is 11.3 Å². The highest BCUT2D eigenvalue weighted by molar-refractivity contribution is 6.46. The average molecular weight is 433 g/mol. The molecule has 2 aromatic carbocycles. The third-order valence-corrected chi connectivity index (χ3v) is 5.83. The number of likely N-dealkylation sites (tertiary alicyclic amines) is 1. The molecule has 0 radical (unpaired) electrons. The first kappa shape index (κ1) is 21.7. The number of aryl methyl sites for hydroxylation is 1. The van der Waals surface area contributed by atoms with Crippen molar-refractivity contribution >= 4 is 28.4 Å². The molecule has 3 aromatic rings. The van der Waals surface area contributed by atoms with Gasteiger partial charge >= 0.3 is 0 Å². The van der Waals surface area contributed by atoms with Gasteiger partial charge in [-0.1, -0.05) is 32.0 Å². The van der Waals surface area contributed by atoms with Crippen molar-refractivity contribution in [3.63, 3.8) is 0 Å². The molecule has 1 aliphatic rings. The van der Waals surface area contributed by atoms with Crippen LogP contribution in [0.1, 0.15) is 49.4 Å². The van der Waals surface area contributed by atoms with Crippen LogP contribution in [0.5, 0.6) is 5.75 Å². The summed E-state index contributed by atoms with van der Waals surface area (Å²) >= 11 is 0. The molecule has 6 heteroatoms. The Kier molecular flexibility index (Phi) is 6.04. The van der Waals surface area contributed by atoms with Crippen molar-refractivity contribution in [3.05, 3.63) is 70.9 Å². The lowest BCUT2D eigenvalue weighted by Crippen LogP contribution is -2.30. The van der Waals surface area contributed by atoms with Gasteiger partial charge < -0.3 is 19.7 Å². The maximum absolute atomic E-state index is 13.1. The fourth-order valence-corrected chi connectivity index (χ4v) is 4.32. The second-order valence-corrected chi connectivity index (χ2v) is 8.11. The summed E-state index contributed by atoms with van der Waals surface area (Å²) in [7, 11) is 0. The summed E-state index contributed by atoms with van der Waals surface area (Å²) in [6, 6.07) is 12.4. The van der Waals surface area contributed by atoms with Crippen LogP contribution in [-0.2, 0) is 9.59 Å². The Morgan fingerprint density at radius 1 is 1.12 bits per heavy atom. The van der Waals surface area contributed by atoms with E-state index in [4.69, 9.17) is 4.74 Å². The van der Waals surface area contributed by atoms with Crippen molar-refractivity contribution in [2.24, 2.45) is 0 Å². The maximum atomic E-state index is 13.1. The van der Waals surface area contributed by atoms with Crippen LogP contribution in [0.4, 0.5) is 0 Å². The Morgan fingerprint density at radius 2 is 1.91 bits per heavy atom. The van der Waals surface area contributed by atoms with Crippen LogP contribution in [0.2, 0.25) is 0 Å². The summed E-state index contributed by atoms with van der Waals surface area (Å²) in [5, 5.41) is 12.2. The third kappa shape index (κ3) is 3.66. The third-order valence-electron chi connectivity index (χ3n) is 5.83. The summed E-state index contributed by atoms with van der Waals surface area (Å²) in [6.07, 6.45) is 3.42. The van der Waals surface area contributed by atoms with E-state index in [1.807, 2.05) is 51.2 Å². The number of aromatic nitrogens is 1. The highest BCUT2D eigenvalue weighted by Gasteiger charge is 2.46. The highest BCUT2D eigenvalue weighted by Crippen LogP contribution is 2.42. The van der Waals surface area contributed by atoms with E-state index in [1.54, 1.807) is 23.1 Å². The number of ketones is 1. The largest absolute Gasteiger partial charge is 0.507 e. The second kappa shape index (κ2) is 8.91. The molecular formula is C26H28N2O4. The first-order chi connectivity index (χ1) is 15.5. The van der Waals surface area contributed by atoms with Gasteiger partial charge in [-0.15, -0.1) is 0 Å². The van der Waals surface area contributed by atoms with E-state index in [9.17, 15) is 14.7 Å². The molecule has 2 heterocycles. The second-order valence-electron chi connectivity index (χ2n) is 8.11. The summed E-state index contributed by atoms with van der Waals surface area (Å²) in [6.45, 7) is 6.93. The van der Waals surface area contributed by atoms with Crippen LogP contribution < -0.4 is 4.74 Å². The van der Waals surface area contributed by atoms with E-state index in [0.29, 0.717) is 25.1 Å². The van der Waals surface area contributed by atoms with Crippen LogP contribution in [-0.4, -0.2) is 39.8 Å². The molecule has 1 unspecified atom stereocenters. The van der Waals surface area contributed by atoms with Gasteiger partial charge in [-0.25, -0.2) is 0 Å². The van der Waals surface area contributed by atoms with Gasteiger partial charge in [0.2, 0.25) is 0 Å². The molecule has 1 saturated heterocycles. The number of aliphatic hydroxyl groups is 1. The average Bonchev–Trinajstić information content (AvgIpc) is 3.32. The lowest BCUT2D eigenvalue weighted by molar-refractivity contribution is -0.139. The summed E-state index contributed by atoms with van der Waals surface area (Å²) in [5.41, 5.74) is 3.18. The van der Waals surface area contributed by atoms with Crippen molar-refractivity contribution in [2.75, 3.05) is 13.2 Å². The van der Waals surface area contributed by atoms with Gasteiger partial charge in [0.25, 0.3) is 11.7 Å². The smallest absolute Gasteiger partial charge is 0.295 e. The van der Waals surface area contributed by atoms with Crippen molar-refractivity contribution in [1.29, 1.82) is 0 Å².